The normalized spacial score (nSPS) is 25.8. The molecule has 0 amide bonds. The van der Waals surface area contributed by atoms with E-state index in [1.807, 2.05) is 25.1 Å². The van der Waals surface area contributed by atoms with Crippen LogP contribution >= 0.6 is 0 Å². The average molecular weight is 158 g/mol. The van der Waals surface area contributed by atoms with Crippen molar-refractivity contribution < 1.29 is 4.74 Å². The fraction of sp³-hybridized carbons (Fsp3) is 0.273. The minimum atomic E-state index is -0.268. The molecule has 1 saturated heterocycles. The van der Waals surface area contributed by atoms with Gasteiger partial charge in [0.05, 0.1) is 6.61 Å². The van der Waals surface area contributed by atoms with E-state index in [1.165, 1.54) is 5.56 Å². The third-order valence-electron chi connectivity index (χ3n) is 2.00. The molecule has 1 aliphatic heterocycles. The van der Waals surface area contributed by atoms with Crippen molar-refractivity contribution in [2.75, 3.05) is 6.61 Å². The second-order valence-electron chi connectivity index (χ2n) is 2.86. The number of rotatable bonds is 1. The summed E-state index contributed by atoms with van der Waals surface area (Å²) in [6.07, 6.45) is 0. The van der Waals surface area contributed by atoms with E-state index in [9.17, 15) is 0 Å². The second kappa shape index (κ2) is 2.66. The van der Waals surface area contributed by atoms with E-state index in [0.717, 1.165) is 6.61 Å². The zero-order valence-electron chi connectivity index (χ0n) is 7.00. The zero-order valence-corrected chi connectivity index (χ0v) is 7.00. The first-order valence-corrected chi connectivity index (χ1v) is 4.01. The second-order valence-corrected chi connectivity index (χ2v) is 2.86. The van der Waals surface area contributed by atoms with Gasteiger partial charge in [-0.3, -0.25) is 0 Å². The predicted molar refractivity (Wildman–Crippen MR) is 47.5 cm³/mol. The standard InChI is InChI=1S/C11H10O/c1-2-8-11(9-12-11)10-6-4-3-5-7-10/h3-7H,9H2,1H3. The van der Waals surface area contributed by atoms with Gasteiger partial charge in [-0.2, -0.15) is 0 Å². The number of ether oxygens (including phenoxy) is 1. The fourth-order valence-corrected chi connectivity index (χ4v) is 1.29. The van der Waals surface area contributed by atoms with Gasteiger partial charge in [0.2, 0.25) is 0 Å². The lowest BCUT2D eigenvalue weighted by molar-refractivity contribution is 0.366. The van der Waals surface area contributed by atoms with Crippen molar-refractivity contribution >= 4 is 0 Å². The van der Waals surface area contributed by atoms with Gasteiger partial charge in [0.25, 0.3) is 0 Å². The highest BCUT2D eigenvalue weighted by Crippen LogP contribution is 2.37. The molecule has 1 heterocycles. The van der Waals surface area contributed by atoms with E-state index in [-0.39, 0.29) is 5.60 Å². The molecule has 1 aromatic carbocycles. The summed E-state index contributed by atoms with van der Waals surface area (Å²) in [6.45, 7) is 2.57. The zero-order chi connectivity index (χ0) is 8.44. The number of benzene rings is 1. The lowest BCUT2D eigenvalue weighted by Crippen LogP contribution is -2.04. The largest absolute Gasteiger partial charge is 0.351 e. The summed E-state index contributed by atoms with van der Waals surface area (Å²) in [5, 5.41) is 0. The van der Waals surface area contributed by atoms with E-state index in [4.69, 9.17) is 4.74 Å². The van der Waals surface area contributed by atoms with Crippen LogP contribution < -0.4 is 0 Å². The summed E-state index contributed by atoms with van der Waals surface area (Å²) < 4.78 is 5.35. The Kier molecular flexibility index (Phi) is 1.64. The van der Waals surface area contributed by atoms with Gasteiger partial charge in [-0.15, -0.1) is 5.92 Å². The van der Waals surface area contributed by atoms with Crippen LogP contribution in [-0.4, -0.2) is 6.61 Å². The van der Waals surface area contributed by atoms with E-state index >= 15 is 0 Å². The van der Waals surface area contributed by atoms with Crippen LogP contribution in [0.4, 0.5) is 0 Å². The Labute approximate surface area is 72.4 Å². The van der Waals surface area contributed by atoms with E-state index in [0.29, 0.717) is 0 Å². The Bertz CT molecular complexity index is 325. The number of hydrogen-bond donors (Lipinski definition) is 0. The fourth-order valence-electron chi connectivity index (χ4n) is 1.29. The first kappa shape index (κ1) is 7.39. The van der Waals surface area contributed by atoms with E-state index < -0.39 is 0 Å². The molecule has 1 fully saturated rings. The van der Waals surface area contributed by atoms with Gasteiger partial charge in [0.15, 0.2) is 5.60 Å². The van der Waals surface area contributed by atoms with Crippen LogP contribution in [0.25, 0.3) is 0 Å². The molecule has 0 bridgehead atoms. The Morgan fingerprint density at radius 1 is 1.33 bits per heavy atom. The smallest absolute Gasteiger partial charge is 0.177 e. The van der Waals surface area contributed by atoms with Gasteiger partial charge >= 0.3 is 0 Å². The highest BCUT2D eigenvalue weighted by Gasteiger charge is 2.44. The van der Waals surface area contributed by atoms with Crippen LogP contribution in [-0.2, 0) is 10.3 Å². The lowest BCUT2D eigenvalue weighted by Gasteiger charge is -2.02. The quantitative estimate of drug-likeness (QED) is 0.449. The molecule has 0 N–H and O–H groups in total. The molecule has 12 heavy (non-hydrogen) atoms. The van der Waals surface area contributed by atoms with E-state index in [1.54, 1.807) is 0 Å². The van der Waals surface area contributed by atoms with Crippen LogP contribution in [0.2, 0.25) is 0 Å². The molecular formula is C11H10O. The summed E-state index contributed by atoms with van der Waals surface area (Å²) in [4.78, 5) is 0. The first-order chi connectivity index (χ1) is 5.87. The van der Waals surface area contributed by atoms with Crippen LogP contribution in [0, 0.1) is 11.8 Å². The van der Waals surface area contributed by atoms with Crippen LogP contribution in [0.5, 0.6) is 0 Å². The molecule has 0 radical (unpaired) electrons. The number of epoxide rings is 1. The maximum atomic E-state index is 5.35. The van der Waals surface area contributed by atoms with Gasteiger partial charge in [0.1, 0.15) is 0 Å². The van der Waals surface area contributed by atoms with Gasteiger partial charge in [-0.1, -0.05) is 36.3 Å². The molecule has 60 valence electrons. The summed E-state index contributed by atoms with van der Waals surface area (Å²) >= 11 is 0. The Hall–Kier alpha value is -1.26. The monoisotopic (exact) mass is 158 g/mol. The third-order valence-corrected chi connectivity index (χ3v) is 2.00. The maximum Gasteiger partial charge on any atom is 0.177 e. The SMILES string of the molecule is CC#CC1(c2ccccc2)CO1. The highest BCUT2D eigenvalue weighted by atomic mass is 16.6. The summed E-state index contributed by atoms with van der Waals surface area (Å²) in [6, 6.07) is 10.1. The molecule has 0 saturated carbocycles. The predicted octanol–water partition coefficient (Wildman–Crippen LogP) is 1.94. The van der Waals surface area contributed by atoms with Crippen LogP contribution in [0.15, 0.2) is 30.3 Å². The molecule has 1 aromatic rings. The van der Waals surface area contributed by atoms with Crippen molar-refractivity contribution in [1.29, 1.82) is 0 Å². The van der Waals surface area contributed by atoms with Gasteiger partial charge < -0.3 is 4.74 Å². The molecule has 1 atom stereocenters. The van der Waals surface area contributed by atoms with Crippen LogP contribution in [0.1, 0.15) is 12.5 Å². The summed E-state index contributed by atoms with van der Waals surface area (Å²) in [5.74, 6) is 5.97. The Balaban J connectivity index is 2.35. The molecule has 1 heteroatoms. The molecule has 0 aliphatic carbocycles. The van der Waals surface area contributed by atoms with Crippen molar-refractivity contribution in [2.45, 2.75) is 12.5 Å². The number of hydrogen-bond acceptors (Lipinski definition) is 1. The van der Waals surface area contributed by atoms with Gasteiger partial charge in [-0.25, -0.2) is 0 Å². The molecule has 1 nitrogen and oxygen atoms in total. The highest BCUT2D eigenvalue weighted by molar-refractivity contribution is 5.36. The van der Waals surface area contributed by atoms with Crippen molar-refractivity contribution in [3.63, 3.8) is 0 Å². The van der Waals surface area contributed by atoms with Crippen molar-refractivity contribution in [2.24, 2.45) is 0 Å². The summed E-state index contributed by atoms with van der Waals surface area (Å²) in [7, 11) is 0. The topological polar surface area (TPSA) is 12.5 Å². The Morgan fingerprint density at radius 2 is 2.00 bits per heavy atom. The average Bonchev–Trinajstić information content (AvgIpc) is 2.88. The molecular weight excluding hydrogens is 148 g/mol. The molecule has 0 aromatic heterocycles. The molecule has 0 spiro atoms. The summed E-state index contributed by atoms with van der Waals surface area (Å²) in [5.41, 5.74) is 0.898. The van der Waals surface area contributed by atoms with Crippen LogP contribution in [0.3, 0.4) is 0 Å². The Morgan fingerprint density at radius 3 is 2.50 bits per heavy atom. The maximum absolute atomic E-state index is 5.35. The van der Waals surface area contributed by atoms with Gasteiger partial charge in [0, 0.05) is 0 Å². The molecule has 2 rings (SSSR count). The first-order valence-electron chi connectivity index (χ1n) is 4.01. The molecule has 1 unspecified atom stereocenters. The lowest BCUT2D eigenvalue weighted by atomic mass is 10.0. The van der Waals surface area contributed by atoms with Crippen molar-refractivity contribution in [1.82, 2.24) is 0 Å². The van der Waals surface area contributed by atoms with Gasteiger partial charge in [-0.05, 0) is 12.5 Å². The molecule has 1 aliphatic rings. The van der Waals surface area contributed by atoms with Crippen molar-refractivity contribution in [3.8, 4) is 11.8 Å². The minimum Gasteiger partial charge on any atom is -0.351 e. The third kappa shape index (κ3) is 1.11. The van der Waals surface area contributed by atoms with E-state index in [2.05, 4.69) is 24.0 Å². The minimum absolute atomic E-state index is 0.268. The van der Waals surface area contributed by atoms with Crippen molar-refractivity contribution in [3.05, 3.63) is 35.9 Å².